The van der Waals surface area contributed by atoms with Crippen LogP contribution in [0.25, 0.3) is 5.69 Å². The summed E-state index contributed by atoms with van der Waals surface area (Å²) in [7, 11) is 0. The fourth-order valence-electron chi connectivity index (χ4n) is 2.81. The predicted molar refractivity (Wildman–Crippen MR) is 76.4 cm³/mol. The molecule has 1 aromatic heterocycles. The van der Waals surface area contributed by atoms with Crippen molar-refractivity contribution in [1.82, 2.24) is 9.78 Å². The zero-order valence-corrected chi connectivity index (χ0v) is 11.9. The van der Waals surface area contributed by atoms with E-state index in [1.54, 1.807) is 23.0 Å². The lowest BCUT2D eigenvalue weighted by molar-refractivity contribution is 0.192. The summed E-state index contributed by atoms with van der Waals surface area (Å²) in [6.45, 7) is 3.80. The number of carboxylic acid groups (broad SMARTS) is 1. The maximum atomic E-state index is 13.0. The minimum Gasteiger partial charge on any atom is -0.465 e. The molecular weight excluding hydrogens is 273 g/mol. The number of hydrogen-bond donors (Lipinski definition) is 1. The summed E-state index contributed by atoms with van der Waals surface area (Å²) in [5, 5.41) is 13.8. The van der Waals surface area contributed by atoms with E-state index in [9.17, 15) is 14.3 Å². The van der Waals surface area contributed by atoms with Crippen LogP contribution in [0.1, 0.15) is 26.0 Å². The zero-order valence-electron chi connectivity index (χ0n) is 11.9. The molecule has 1 amide bonds. The summed E-state index contributed by atoms with van der Waals surface area (Å²) >= 11 is 0. The van der Waals surface area contributed by atoms with E-state index in [1.165, 1.54) is 17.0 Å². The normalized spacial score (nSPS) is 16.6. The Morgan fingerprint density at radius 2 is 2.00 bits per heavy atom. The fraction of sp³-hybridized carbons (Fsp3) is 0.333. The summed E-state index contributed by atoms with van der Waals surface area (Å²) < 4.78 is 14.7. The first-order valence-corrected chi connectivity index (χ1v) is 6.76. The van der Waals surface area contributed by atoms with E-state index < -0.39 is 11.6 Å². The standard InChI is InChI=1S/C15H16FN3O2/c1-15(2)8-7-12-13(18(15)14(20)21)9-17-19(12)11-5-3-10(16)4-6-11/h3-6,9H,7-8H2,1-2H3,(H,20,21). The third-order valence-electron chi connectivity index (χ3n) is 3.93. The molecule has 0 aliphatic carbocycles. The molecule has 1 aromatic carbocycles. The van der Waals surface area contributed by atoms with Crippen molar-refractivity contribution in [3.8, 4) is 5.69 Å². The molecule has 5 nitrogen and oxygen atoms in total. The Balaban J connectivity index is 2.10. The molecule has 1 aliphatic rings. The molecular formula is C15H16FN3O2. The largest absolute Gasteiger partial charge is 0.465 e. The average Bonchev–Trinajstić information content (AvgIpc) is 2.81. The van der Waals surface area contributed by atoms with E-state index in [4.69, 9.17) is 0 Å². The lowest BCUT2D eigenvalue weighted by Gasteiger charge is -2.40. The minimum absolute atomic E-state index is 0.312. The van der Waals surface area contributed by atoms with Crippen LogP contribution in [0.15, 0.2) is 30.5 Å². The van der Waals surface area contributed by atoms with Crippen LogP contribution in [0.5, 0.6) is 0 Å². The lowest BCUT2D eigenvalue weighted by atomic mass is 9.90. The Kier molecular flexibility index (Phi) is 2.97. The molecule has 3 rings (SSSR count). The van der Waals surface area contributed by atoms with Crippen molar-refractivity contribution >= 4 is 11.8 Å². The van der Waals surface area contributed by atoms with Crippen LogP contribution in [0.2, 0.25) is 0 Å². The van der Waals surface area contributed by atoms with E-state index in [0.717, 1.165) is 17.8 Å². The first-order valence-electron chi connectivity index (χ1n) is 6.76. The van der Waals surface area contributed by atoms with Crippen LogP contribution in [-0.2, 0) is 6.42 Å². The number of halogens is 1. The summed E-state index contributed by atoms with van der Waals surface area (Å²) in [6, 6.07) is 6.00. The summed E-state index contributed by atoms with van der Waals surface area (Å²) in [5.74, 6) is -0.312. The van der Waals surface area contributed by atoms with Crippen molar-refractivity contribution in [2.75, 3.05) is 4.90 Å². The van der Waals surface area contributed by atoms with Crippen molar-refractivity contribution in [1.29, 1.82) is 0 Å². The van der Waals surface area contributed by atoms with Crippen LogP contribution in [0.3, 0.4) is 0 Å². The molecule has 0 radical (unpaired) electrons. The van der Waals surface area contributed by atoms with Gasteiger partial charge >= 0.3 is 6.09 Å². The molecule has 6 heteroatoms. The Labute approximate surface area is 121 Å². The maximum Gasteiger partial charge on any atom is 0.412 e. The molecule has 21 heavy (non-hydrogen) atoms. The Bertz CT molecular complexity index is 691. The van der Waals surface area contributed by atoms with Gasteiger partial charge in [0.25, 0.3) is 0 Å². The minimum atomic E-state index is -0.986. The van der Waals surface area contributed by atoms with Gasteiger partial charge in [-0.1, -0.05) is 0 Å². The van der Waals surface area contributed by atoms with Gasteiger partial charge in [0.05, 0.1) is 23.3 Å². The van der Waals surface area contributed by atoms with Gasteiger partial charge in [-0.2, -0.15) is 5.10 Å². The number of fused-ring (bicyclic) bond motifs is 1. The Hall–Kier alpha value is -2.37. The highest BCUT2D eigenvalue weighted by atomic mass is 19.1. The van der Waals surface area contributed by atoms with Crippen LogP contribution >= 0.6 is 0 Å². The number of carbonyl (C=O) groups is 1. The molecule has 2 heterocycles. The molecule has 0 atom stereocenters. The summed E-state index contributed by atoms with van der Waals surface area (Å²) in [4.78, 5) is 12.9. The monoisotopic (exact) mass is 289 g/mol. The molecule has 2 aromatic rings. The van der Waals surface area contributed by atoms with Crippen molar-refractivity contribution < 1.29 is 14.3 Å². The first-order chi connectivity index (χ1) is 9.90. The van der Waals surface area contributed by atoms with Crippen molar-refractivity contribution in [2.24, 2.45) is 0 Å². The number of hydrogen-bond acceptors (Lipinski definition) is 2. The van der Waals surface area contributed by atoms with E-state index >= 15 is 0 Å². The van der Waals surface area contributed by atoms with Crippen LogP contribution in [0, 0.1) is 5.82 Å². The van der Waals surface area contributed by atoms with Gasteiger partial charge in [-0.3, -0.25) is 4.90 Å². The summed E-state index contributed by atoms with van der Waals surface area (Å²) in [5.41, 5.74) is 1.70. The molecule has 0 fully saturated rings. The van der Waals surface area contributed by atoms with Gasteiger partial charge in [-0.25, -0.2) is 13.9 Å². The molecule has 0 spiro atoms. The van der Waals surface area contributed by atoms with Gasteiger partial charge in [-0.15, -0.1) is 0 Å². The number of anilines is 1. The van der Waals surface area contributed by atoms with Crippen LogP contribution < -0.4 is 4.90 Å². The molecule has 1 aliphatic heterocycles. The number of benzene rings is 1. The average molecular weight is 289 g/mol. The van der Waals surface area contributed by atoms with Gasteiger partial charge in [0.15, 0.2) is 0 Å². The second-order valence-corrected chi connectivity index (χ2v) is 5.80. The van der Waals surface area contributed by atoms with Gasteiger partial charge < -0.3 is 5.11 Å². The second-order valence-electron chi connectivity index (χ2n) is 5.80. The van der Waals surface area contributed by atoms with E-state index in [0.29, 0.717) is 12.1 Å². The SMILES string of the molecule is CC1(C)CCc2c(cnn2-c2ccc(F)cc2)N1C(=O)O. The van der Waals surface area contributed by atoms with Gasteiger partial charge in [0.2, 0.25) is 0 Å². The van der Waals surface area contributed by atoms with Crippen molar-refractivity contribution in [3.05, 3.63) is 42.0 Å². The van der Waals surface area contributed by atoms with E-state index in [1.807, 2.05) is 13.8 Å². The molecule has 110 valence electrons. The number of aromatic nitrogens is 2. The van der Waals surface area contributed by atoms with Gasteiger partial charge in [0.1, 0.15) is 5.82 Å². The third kappa shape index (κ3) is 2.16. The zero-order chi connectivity index (χ0) is 15.2. The van der Waals surface area contributed by atoms with Gasteiger partial charge in [0, 0.05) is 5.54 Å². The highest BCUT2D eigenvalue weighted by molar-refractivity contribution is 5.89. The number of amides is 1. The van der Waals surface area contributed by atoms with Crippen LogP contribution in [0.4, 0.5) is 14.9 Å². The second kappa shape index (κ2) is 4.58. The first kappa shape index (κ1) is 13.6. The molecule has 0 unspecified atom stereocenters. The van der Waals surface area contributed by atoms with Gasteiger partial charge in [-0.05, 0) is 51.0 Å². The third-order valence-corrected chi connectivity index (χ3v) is 3.93. The fourth-order valence-corrected chi connectivity index (χ4v) is 2.81. The molecule has 0 saturated heterocycles. The smallest absolute Gasteiger partial charge is 0.412 e. The molecule has 1 N–H and O–H groups in total. The highest BCUT2D eigenvalue weighted by Gasteiger charge is 2.39. The number of rotatable bonds is 1. The van der Waals surface area contributed by atoms with Crippen molar-refractivity contribution in [3.63, 3.8) is 0 Å². The Morgan fingerprint density at radius 1 is 1.33 bits per heavy atom. The molecule has 0 bridgehead atoms. The van der Waals surface area contributed by atoms with Crippen LogP contribution in [-0.4, -0.2) is 26.5 Å². The quantitative estimate of drug-likeness (QED) is 0.877. The maximum absolute atomic E-state index is 13.0. The predicted octanol–water partition coefficient (Wildman–Crippen LogP) is 3.22. The summed E-state index contributed by atoms with van der Waals surface area (Å²) in [6.07, 6.45) is 2.01. The van der Waals surface area contributed by atoms with E-state index in [-0.39, 0.29) is 5.82 Å². The lowest BCUT2D eigenvalue weighted by Crippen LogP contribution is -2.50. The Morgan fingerprint density at radius 3 is 2.62 bits per heavy atom. The van der Waals surface area contributed by atoms with Crippen molar-refractivity contribution in [2.45, 2.75) is 32.2 Å². The highest BCUT2D eigenvalue weighted by Crippen LogP contribution is 2.37. The number of nitrogens with zero attached hydrogens (tertiary/aromatic N) is 3. The molecule has 0 saturated carbocycles. The van der Waals surface area contributed by atoms with E-state index in [2.05, 4.69) is 5.10 Å². The topological polar surface area (TPSA) is 58.4 Å².